The van der Waals surface area contributed by atoms with Crippen LogP contribution >= 0.6 is 7.82 Å². The predicted octanol–water partition coefficient (Wildman–Crippen LogP) is 2.43. The van der Waals surface area contributed by atoms with Crippen molar-refractivity contribution in [2.45, 2.75) is 57.3 Å². The molecule has 2 N–H and O–H groups in total. The number of fused-ring (bicyclic) bond motifs is 2. The third kappa shape index (κ3) is 3.39. The first-order chi connectivity index (χ1) is 14.0. The van der Waals surface area contributed by atoms with Gasteiger partial charge in [0.05, 0.1) is 24.7 Å². The summed E-state index contributed by atoms with van der Waals surface area (Å²) in [5.74, 6) is -2.82. The number of nitrogen functional groups attached to an aromatic ring is 1. The summed E-state index contributed by atoms with van der Waals surface area (Å²) in [6.45, 7) is 3.50. The number of phosphoric acid groups is 1. The highest BCUT2D eigenvalue weighted by Gasteiger charge is 2.70. The summed E-state index contributed by atoms with van der Waals surface area (Å²) in [6.07, 6.45) is -2.78. The molecule has 2 aromatic heterocycles. The highest BCUT2D eigenvalue weighted by atomic mass is 31.2. The molecule has 2 saturated heterocycles. The van der Waals surface area contributed by atoms with Gasteiger partial charge in [0.25, 0.3) is 5.85 Å². The number of halogens is 2. The molecule has 5 atom stereocenters. The van der Waals surface area contributed by atoms with Crippen LogP contribution in [-0.4, -0.2) is 57.0 Å². The van der Waals surface area contributed by atoms with Gasteiger partial charge in [-0.15, -0.1) is 0 Å². The molecule has 2 aliphatic heterocycles. The van der Waals surface area contributed by atoms with Crippen molar-refractivity contribution in [1.82, 2.24) is 19.5 Å². The molecule has 4 rings (SSSR count). The van der Waals surface area contributed by atoms with Gasteiger partial charge in [-0.25, -0.2) is 23.3 Å². The molecule has 2 unspecified atom stereocenters. The molecule has 0 saturated carbocycles. The van der Waals surface area contributed by atoms with Gasteiger partial charge in [0.15, 0.2) is 23.6 Å². The van der Waals surface area contributed by atoms with Crippen LogP contribution in [0.5, 0.6) is 0 Å². The van der Waals surface area contributed by atoms with Crippen LogP contribution in [0.3, 0.4) is 0 Å². The van der Waals surface area contributed by atoms with Crippen molar-refractivity contribution in [3.63, 3.8) is 0 Å². The van der Waals surface area contributed by atoms with Crippen molar-refractivity contribution in [2.75, 3.05) is 19.5 Å². The standard InChI is InChI=1S/C16H22F2N5O6P/c1-8(2)28-30(24)26-6-16(18)12(29-30)15(3,17)13(27-16)23-7-20-10-9(5-25-4)21-14(19)22-11(10)23/h7-8,12-13H,5-6H2,1-4H3,(H2,19,21,22)/t12?,13-,15-,16-,30?/m1/s1. The summed E-state index contributed by atoms with van der Waals surface area (Å²) in [5, 5.41) is 0. The zero-order valence-electron chi connectivity index (χ0n) is 16.7. The number of rotatable bonds is 5. The first-order valence-electron chi connectivity index (χ1n) is 9.14. The van der Waals surface area contributed by atoms with Crippen LogP contribution in [0.4, 0.5) is 14.7 Å². The lowest BCUT2D eigenvalue weighted by atomic mass is 9.97. The molecule has 0 radical (unpaired) electrons. The molecule has 14 heteroatoms. The van der Waals surface area contributed by atoms with Gasteiger partial charge in [0, 0.05) is 7.11 Å². The van der Waals surface area contributed by atoms with E-state index in [0.29, 0.717) is 11.2 Å². The Bertz CT molecular complexity index is 1020. The third-order valence-corrected chi connectivity index (χ3v) is 6.33. The fourth-order valence-electron chi connectivity index (χ4n) is 3.58. The van der Waals surface area contributed by atoms with Crippen LogP contribution in [0, 0.1) is 0 Å². The van der Waals surface area contributed by atoms with E-state index in [9.17, 15) is 4.57 Å². The average molecular weight is 449 g/mol. The Morgan fingerprint density at radius 1 is 1.43 bits per heavy atom. The normalized spacial score (nSPS) is 36.5. The molecule has 0 amide bonds. The van der Waals surface area contributed by atoms with E-state index < -0.39 is 44.4 Å². The summed E-state index contributed by atoms with van der Waals surface area (Å²) in [7, 11) is -2.72. The number of aromatic nitrogens is 4. The van der Waals surface area contributed by atoms with E-state index in [4.69, 9.17) is 28.8 Å². The maximum atomic E-state index is 15.9. The molecule has 2 aromatic rings. The Morgan fingerprint density at radius 2 is 2.17 bits per heavy atom. The molecule has 30 heavy (non-hydrogen) atoms. The van der Waals surface area contributed by atoms with Gasteiger partial charge in [0.2, 0.25) is 5.95 Å². The molecule has 2 fully saturated rings. The van der Waals surface area contributed by atoms with Crippen LogP contribution in [-0.2, 0) is 34.2 Å². The van der Waals surface area contributed by atoms with Gasteiger partial charge in [-0.05, 0) is 20.8 Å². The number of imidazole rings is 1. The number of ether oxygens (including phenoxy) is 2. The maximum Gasteiger partial charge on any atom is 0.475 e. The van der Waals surface area contributed by atoms with Gasteiger partial charge in [-0.1, -0.05) is 0 Å². The molecule has 2 aliphatic rings. The Balaban J connectivity index is 1.74. The second-order valence-electron chi connectivity index (χ2n) is 7.55. The number of alkyl halides is 2. The minimum Gasteiger partial charge on any atom is -0.378 e. The second-order valence-corrected chi connectivity index (χ2v) is 9.13. The van der Waals surface area contributed by atoms with Crippen LogP contribution in [0.25, 0.3) is 11.2 Å². The Hall–Kier alpha value is -1.76. The van der Waals surface area contributed by atoms with Gasteiger partial charge >= 0.3 is 7.82 Å². The van der Waals surface area contributed by atoms with Crippen molar-refractivity contribution in [3.05, 3.63) is 12.0 Å². The van der Waals surface area contributed by atoms with E-state index in [2.05, 4.69) is 15.0 Å². The number of anilines is 1. The van der Waals surface area contributed by atoms with Crippen molar-refractivity contribution in [2.24, 2.45) is 0 Å². The largest absolute Gasteiger partial charge is 0.475 e. The van der Waals surface area contributed by atoms with Crippen LogP contribution in [0.1, 0.15) is 32.7 Å². The lowest BCUT2D eigenvalue weighted by Crippen LogP contribution is -2.51. The first kappa shape index (κ1) is 21.5. The highest BCUT2D eigenvalue weighted by molar-refractivity contribution is 7.48. The molecule has 166 valence electrons. The van der Waals surface area contributed by atoms with E-state index in [0.717, 1.165) is 6.92 Å². The van der Waals surface area contributed by atoms with Crippen LogP contribution < -0.4 is 5.73 Å². The van der Waals surface area contributed by atoms with E-state index in [-0.39, 0.29) is 18.2 Å². The zero-order chi connectivity index (χ0) is 21.9. The second kappa shape index (κ2) is 7.14. The highest BCUT2D eigenvalue weighted by Crippen LogP contribution is 2.63. The minimum absolute atomic E-state index is 0.0843. The minimum atomic E-state index is -4.19. The monoisotopic (exact) mass is 449 g/mol. The Kier molecular flexibility index (Phi) is 5.11. The molecular weight excluding hydrogens is 427 g/mol. The summed E-state index contributed by atoms with van der Waals surface area (Å²) in [5.41, 5.74) is 4.04. The Morgan fingerprint density at radius 3 is 2.83 bits per heavy atom. The third-order valence-electron chi connectivity index (χ3n) is 4.73. The Labute approximate surface area is 170 Å². The fourth-order valence-corrected chi connectivity index (χ4v) is 5.22. The molecule has 0 aliphatic carbocycles. The van der Waals surface area contributed by atoms with E-state index >= 15 is 8.78 Å². The molecular formula is C16H22F2N5O6P. The summed E-state index contributed by atoms with van der Waals surface area (Å²) in [6, 6.07) is 0. The number of methoxy groups -OCH3 is 1. The maximum absolute atomic E-state index is 15.9. The van der Waals surface area contributed by atoms with Crippen LogP contribution in [0.15, 0.2) is 6.33 Å². The molecule has 0 bridgehead atoms. The van der Waals surface area contributed by atoms with Crippen molar-refractivity contribution >= 4 is 24.9 Å². The fraction of sp³-hybridized carbons (Fsp3) is 0.688. The van der Waals surface area contributed by atoms with Gasteiger partial charge in [0.1, 0.15) is 12.1 Å². The first-order valence-corrected chi connectivity index (χ1v) is 10.6. The smallest absolute Gasteiger partial charge is 0.378 e. The van der Waals surface area contributed by atoms with Gasteiger partial charge < -0.3 is 15.2 Å². The number of hydrogen-bond donors (Lipinski definition) is 1. The van der Waals surface area contributed by atoms with E-state index in [1.807, 2.05) is 0 Å². The lowest BCUT2D eigenvalue weighted by molar-refractivity contribution is -0.220. The number of nitrogens with zero attached hydrogens (tertiary/aromatic N) is 4. The SMILES string of the molecule is COCc1nc(N)nc2c1ncn2[C@@H]1O[C@]2(F)COP(=O)(OC(C)C)OC2[C@@]1(C)F. The van der Waals surface area contributed by atoms with Gasteiger partial charge in [-0.3, -0.25) is 18.1 Å². The topological polar surface area (TPSA) is 133 Å². The molecule has 11 nitrogen and oxygen atoms in total. The zero-order valence-corrected chi connectivity index (χ0v) is 17.6. The van der Waals surface area contributed by atoms with Crippen LogP contribution in [0.2, 0.25) is 0 Å². The predicted molar refractivity (Wildman–Crippen MR) is 98.6 cm³/mol. The molecule has 0 spiro atoms. The van der Waals surface area contributed by atoms with Gasteiger partial charge in [-0.2, -0.15) is 4.98 Å². The summed E-state index contributed by atoms with van der Waals surface area (Å²) < 4.78 is 70.9. The molecule has 0 aromatic carbocycles. The summed E-state index contributed by atoms with van der Waals surface area (Å²) >= 11 is 0. The van der Waals surface area contributed by atoms with Crippen molar-refractivity contribution < 1.29 is 36.4 Å². The van der Waals surface area contributed by atoms with E-state index in [1.54, 1.807) is 13.8 Å². The van der Waals surface area contributed by atoms with Crippen molar-refractivity contribution in [3.8, 4) is 0 Å². The summed E-state index contributed by atoms with van der Waals surface area (Å²) in [4.78, 5) is 12.3. The van der Waals surface area contributed by atoms with Crippen molar-refractivity contribution in [1.29, 1.82) is 0 Å². The number of hydrogen-bond acceptors (Lipinski definition) is 10. The van der Waals surface area contributed by atoms with E-state index in [1.165, 1.54) is 18.0 Å². The quantitative estimate of drug-likeness (QED) is 0.679. The number of nitrogens with two attached hydrogens (primary N) is 1. The lowest BCUT2D eigenvalue weighted by Gasteiger charge is -2.36. The molecule has 4 heterocycles. The average Bonchev–Trinajstić information content (AvgIpc) is 3.13. The number of phosphoric ester groups is 1.